The van der Waals surface area contributed by atoms with Gasteiger partial charge in [0.15, 0.2) is 5.96 Å². The number of hydrogen-bond acceptors (Lipinski definition) is 18. The van der Waals surface area contributed by atoms with Crippen LogP contribution in [0.2, 0.25) is 0 Å². The molecule has 2 heterocycles. The number of primary amides is 3. The molecule has 2 aromatic carbocycles. The Balaban J connectivity index is 1.52. The molecule has 0 radical (unpaired) electrons. The van der Waals surface area contributed by atoms with Gasteiger partial charge in [0, 0.05) is 66.9 Å². The second-order valence-corrected chi connectivity index (χ2v) is 28.0. The molecule has 0 spiro atoms. The molecule has 37 nitrogen and oxygen atoms in total. The van der Waals surface area contributed by atoms with Crippen LogP contribution in [-0.2, 0) is 84.8 Å². The minimum Gasteiger partial charge on any atom is -0.394 e. The number of rotatable bonds is 48. The number of aromatic amines is 2. The summed E-state index contributed by atoms with van der Waals surface area (Å²) in [5.41, 5.74) is 35.7. The maximum Gasteiger partial charge on any atom is 0.245 e. The number of fused-ring (bicyclic) bond motifs is 2. The minimum absolute atomic E-state index is 0.0532. The van der Waals surface area contributed by atoms with Crippen molar-refractivity contribution < 1.29 is 77.0 Å². The maximum atomic E-state index is 14.8. The van der Waals surface area contributed by atoms with Gasteiger partial charge in [-0.15, -0.1) is 0 Å². The van der Waals surface area contributed by atoms with Crippen molar-refractivity contribution in [1.82, 2.24) is 73.8 Å². The predicted octanol–water partition coefficient (Wildman–Crippen LogP) is -3.89. The summed E-state index contributed by atoms with van der Waals surface area (Å²) in [6.07, 6.45) is 3.01. The van der Waals surface area contributed by atoms with Crippen LogP contribution in [0.25, 0.3) is 21.8 Å². The van der Waals surface area contributed by atoms with Crippen LogP contribution >= 0.6 is 0 Å². The molecule has 600 valence electrons. The summed E-state index contributed by atoms with van der Waals surface area (Å²) in [6.45, 7) is 12.8. The number of H-pyrrole nitrogens is 2. The Morgan fingerprint density at radius 3 is 1.37 bits per heavy atom. The van der Waals surface area contributed by atoms with Gasteiger partial charge in [-0.1, -0.05) is 98.2 Å². The molecule has 0 aliphatic carbocycles. The zero-order valence-corrected chi connectivity index (χ0v) is 63.2. The van der Waals surface area contributed by atoms with Crippen LogP contribution in [0.4, 0.5) is 0 Å². The molecule has 12 atom stereocenters. The number of para-hydroxylation sites is 2. The van der Waals surface area contributed by atoms with E-state index in [4.69, 9.17) is 34.4 Å². The topological polar surface area (TPSA) is 621 Å². The first-order chi connectivity index (χ1) is 51.5. The standard InChI is InChI=1S/C72H111N21O16/c1-10-39(8)60(71(109)88-50(28-36(2)3)65(103)85-47(61(76)99)24-25-55(74)96)93-67(105)52(30-42-33-81-46-21-14-12-19-44(42)46)87-64(102)49(22-15-16-26-73)84-57(98)34-82-62(100)53(31-56(75)97)89-69(107)58(37(4)5)92-68(106)54(35-94)90-70(108)59(38(6)7)91-66(104)51(29-41-32-80-45-20-13-11-18-43(41)45)86-63(101)48(83-40(9)95)23-17-27-79-72(77)78/h11-14,18-21,32-33,36-39,47-54,58-60,80-81,94H,10,15-17,22-31,34-35,73H2,1-9H3,(H2,74,96)(H2,75,97)(H2,76,99)(H,82,100)(H,83,95)(H,84,98)(H,85,103)(H,86,101)(H,87,102)(H,88,109)(H,89,107)(H,90,108)(H,91,104)(H,92,106)(H,93,105)(H4,77,78,79)/t39-,47-,48-,49-,50-,51-,52-,53-,54-,58-,59-,60-/m0/s1. The SMILES string of the molecule is CC[C@H](C)[C@H](NC(=O)[C@H](Cc1c[nH]c2ccccc12)NC(=O)[C@H](CCCCN)NC(=O)CNC(=O)[C@H](CC(N)=O)NC(=O)[C@@H](NC(=O)[C@H](CO)NC(=O)[C@@H](NC(=O)[C@H](Cc1c[nH]c2ccccc12)NC(=O)[C@H](CCCN=C(N)N)NC(C)=O)C(C)C)C(C)C)C(=O)N[C@@H](CC(C)C)C(=O)N[C@@H](CCC(N)=O)C(N)=O. The van der Waals surface area contributed by atoms with Crippen molar-refractivity contribution in [1.29, 1.82) is 0 Å². The number of amides is 15. The smallest absolute Gasteiger partial charge is 0.245 e. The summed E-state index contributed by atoms with van der Waals surface area (Å²) in [5, 5.41) is 42.7. The molecular weight excluding hydrogens is 1410 g/mol. The number of benzene rings is 2. The second-order valence-electron chi connectivity index (χ2n) is 28.0. The van der Waals surface area contributed by atoms with Crippen molar-refractivity contribution in [2.45, 2.75) is 206 Å². The molecule has 109 heavy (non-hydrogen) atoms. The van der Waals surface area contributed by atoms with Crippen LogP contribution in [0.1, 0.15) is 138 Å². The van der Waals surface area contributed by atoms with Crippen molar-refractivity contribution in [2.24, 2.45) is 63.1 Å². The number of carbonyl (C=O) groups is 15. The third kappa shape index (κ3) is 29.8. The molecule has 0 unspecified atom stereocenters. The van der Waals surface area contributed by atoms with E-state index in [1.165, 1.54) is 20.8 Å². The summed E-state index contributed by atoms with van der Waals surface area (Å²) in [7, 11) is 0. The van der Waals surface area contributed by atoms with Crippen molar-refractivity contribution in [3.8, 4) is 0 Å². The van der Waals surface area contributed by atoms with E-state index in [-0.39, 0.29) is 82.8 Å². The third-order valence-corrected chi connectivity index (χ3v) is 17.9. The number of guanidine groups is 1. The molecule has 0 saturated heterocycles. The lowest BCUT2D eigenvalue weighted by Gasteiger charge is -2.30. The maximum absolute atomic E-state index is 14.8. The minimum atomic E-state index is -1.79. The first-order valence-electron chi connectivity index (χ1n) is 36.4. The normalized spacial score (nSPS) is 14.6. The second kappa shape index (κ2) is 44.8. The Hall–Kier alpha value is -11.2. The van der Waals surface area contributed by atoms with Gasteiger partial charge in [0.1, 0.15) is 66.5 Å². The molecular formula is C72H111N21O16. The third-order valence-electron chi connectivity index (χ3n) is 17.9. The molecule has 15 amide bonds. The van der Waals surface area contributed by atoms with Gasteiger partial charge in [-0.05, 0) is 98.4 Å². The lowest BCUT2D eigenvalue weighted by Crippen LogP contribution is -2.62. The lowest BCUT2D eigenvalue weighted by molar-refractivity contribution is -0.137. The first-order valence-corrected chi connectivity index (χ1v) is 36.4. The summed E-state index contributed by atoms with van der Waals surface area (Å²) >= 11 is 0. The van der Waals surface area contributed by atoms with Crippen LogP contribution < -0.4 is 98.2 Å². The van der Waals surface area contributed by atoms with Crippen LogP contribution in [0.5, 0.6) is 0 Å². The lowest BCUT2D eigenvalue weighted by atomic mass is 9.95. The molecule has 0 saturated carbocycles. The summed E-state index contributed by atoms with van der Waals surface area (Å²) in [6, 6.07) is -1.51. The van der Waals surface area contributed by atoms with E-state index < -0.39 is 192 Å². The van der Waals surface area contributed by atoms with Crippen LogP contribution in [0.3, 0.4) is 0 Å². The zero-order valence-electron chi connectivity index (χ0n) is 63.2. The highest BCUT2D eigenvalue weighted by Gasteiger charge is 2.39. The average Bonchev–Trinajstić information content (AvgIpc) is 1.70. The predicted molar refractivity (Wildman–Crippen MR) is 404 cm³/mol. The van der Waals surface area contributed by atoms with E-state index in [0.29, 0.717) is 34.9 Å². The van der Waals surface area contributed by atoms with Gasteiger partial charge in [-0.2, -0.15) is 0 Å². The highest BCUT2D eigenvalue weighted by Crippen LogP contribution is 2.23. The van der Waals surface area contributed by atoms with Crippen molar-refractivity contribution in [2.75, 3.05) is 26.2 Å². The van der Waals surface area contributed by atoms with Gasteiger partial charge in [0.05, 0.1) is 19.6 Å². The molecule has 2 aromatic heterocycles. The summed E-state index contributed by atoms with van der Waals surface area (Å²) in [4.78, 5) is 215. The molecule has 0 bridgehead atoms. The Labute approximate surface area is 631 Å². The number of aliphatic hydroxyl groups is 1. The Morgan fingerprint density at radius 2 is 0.908 bits per heavy atom. The quantitative estimate of drug-likeness (QED) is 0.0114. The van der Waals surface area contributed by atoms with Crippen LogP contribution in [0, 0.1) is 23.7 Å². The van der Waals surface area contributed by atoms with E-state index in [0.717, 1.165) is 10.9 Å². The Morgan fingerprint density at radius 1 is 0.468 bits per heavy atom. The van der Waals surface area contributed by atoms with E-state index in [2.05, 4.69) is 78.8 Å². The fourth-order valence-electron chi connectivity index (χ4n) is 11.8. The molecule has 27 N–H and O–H groups in total. The van der Waals surface area contributed by atoms with Gasteiger partial charge >= 0.3 is 0 Å². The van der Waals surface area contributed by atoms with E-state index in [1.54, 1.807) is 102 Å². The number of aromatic nitrogens is 2. The molecule has 0 aliphatic heterocycles. The number of unbranched alkanes of at least 4 members (excludes halogenated alkanes) is 1. The van der Waals surface area contributed by atoms with Crippen LogP contribution in [0.15, 0.2) is 65.9 Å². The number of nitrogens with two attached hydrogens (primary N) is 6. The molecule has 4 rings (SSSR count). The van der Waals surface area contributed by atoms with Crippen molar-refractivity contribution >= 4 is 116 Å². The molecule has 0 fully saturated rings. The zero-order chi connectivity index (χ0) is 81.4. The molecule has 4 aromatic rings. The Bertz CT molecular complexity index is 3850. The van der Waals surface area contributed by atoms with Gasteiger partial charge in [0.25, 0.3) is 0 Å². The molecule has 37 heteroatoms. The number of hydrogen-bond donors (Lipinski definition) is 21. The largest absolute Gasteiger partial charge is 0.394 e. The number of aliphatic hydroxyl groups excluding tert-OH is 1. The monoisotopic (exact) mass is 1530 g/mol. The number of nitrogens with zero attached hydrogens (tertiary/aromatic N) is 1. The average molecular weight is 1530 g/mol. The number of aliphatic imine (C=N–C) groups is 1. The van der Waals surface area contributed by atoms with Crippen LogP contribution in [-0.4, -0.2) is 202 Å². The van der Waals surface area contributed by atoms with Gasteiger partial charge in [-0.25, -0.2) is 0 Å². The Kier molecular flexibility index (Phi) is 37.0. The fraction of sp³-hybridized carbons (Fsp3) is 0.556. The highest BCUT2D eigenvalue weighted by molar-refractivity contribution is 6.01. The summed E-state index contributed by atoms with van der Waals surface area (Å²) in [5.74, 6) is -15.9. The van der Waals surface area contributed by atoms with Gasteiger partial charge < -0.3 is 113 Å². The van der Waals surface area contributed by atoms with Gasteiger partial charge in [0.2, 0.25) is 88.6 Å². The molecule has 0 aliphatic rings. The first kappa shape index (κ1) is 90.2. The number of carbonyl (C=O) groups excluding carboxylic acids is 15. The highest BCUT2D eigenvalue weighted by atomic mass is 16.3. The van der Waals surface area contributed by atoms with Crippen molar-refractivity contribution in [3.63, 3.8) is 0 Å². The fourth-order valence-corrected chi connectivity index (χ4v) is 11.8. The van der Waals surface area contributed by atoms with Gasteiger partial charge in [-0.3, -0.25) is 76.9 Å². The van der Waals surface area contributed by atoms with E-state index >= 15 is 0 Å². The summed E-state index contributed by atoms with van der Waals surface area (Å²) < 4.78 is 0. The van der Waals surface area contributed by atoms with E-state index in [1.807, 2.05) is 0 Å². The van der Waals surface area contributed by atoms with E-state index in [9.17, 15) is 77.0 Å². The van der Waals surface area contributed by atoms with Crippen molar-refractivity contribution in [3.05, 3.63) is 72.1 Å². The number of nitrogens with one attached hydrogen (secondary N) is 14.